The Hall–Kier alpha value is -2.75. The van der Waals surface area contributed by atoms with Crippen LogP contribution in [0.1, 0.15) is 5.69 Å². The van der Waals surface area contributed by atoms with Crippen molar-refractivity contribution in [1.29, 1.82) is 0 Å². The van der Waals surface area contributed by atoms with Crippen LogP contribution in [-0.2, 0) is 5.88 Å². The Labute approximate surface area is 127 Å². The molecule has 3 aromatic rings. The molecule has 2 aromatic heterocycles. The Bertz CT molecular complexity index is 966. The minimum atomic E-state index is -0.436. The van der Waals surface area contributed by atoms with Crippen molar-refractivity contribution in [3.05, 3.63) is 50.7 Å². The number of nitrogen functional groups attached to an aromatic ring is 1. The molecule has 0 unspecified atom stereocenters. The van der Waals surface area contributed by atoms with Crippen molar-refractivity contribution in [1.82, 2.24) is 29.9 Å². The first kappa shape index (κ1) is 14.2. The van der Waals surface area contributed by atoms with Crippen molar-refractivity contribution in [2.75, 3.05) is 5.84 Å². The lowest BCUT2D eigenvalue weighted by Crippen LogP contribution is -2.32. The third-order valence-electron chi connectivity index (χ3n) is 2.97. The number of nitrogens with zero attached hydrogens (tertiary/aromatic N) is 6. The number of rotatable bonds is 3. The number of aryl methyl sites for hydroxylation is 1. The Balaban J connectivity index is 1.92. The molecule has 3 rings (SSSR count). The average Bonchev–Trinajstić information content (AvgIpc) is 2.54. The van der Waals surface area contributed by atoms with Crippen molar-refractivity contribution in [3.8, 4) is 0 Å². The van der Waals surface area contributed by atoms with Gasteiger partial charge in [-0.2, -0.15) is 9.36 Å². The lowest BCUT2D eigenvalue weighted by Gasteiger charge is -2.07. The van der Waals surface area contributed by atoms with E-state index in [0.29, 0.717) is 10.9 Å². The van der Waals surface area contributed by atoms with Gasteiger partial charge >= 0.3 is 0 Å². The molecule has 9 nitrogen and oxygen atoms in total. The number of nitrogens with two attached hydrogens (primary N) is 1. The van der Waals surface area contributed by atoms with Gasteiger partial charge in [0, 0.05) is 0 Å². The molecule has 0 aliphatic heterocycles. The normalized spacial score (nSPS) is 11.0. The molecule has 0 spiro atoms. The summed E-state index contributed by atoms with van der Waals surface area (Å²) in [4.78, 5) is 23.9. The topological polar surface area (TPSA) is 122 Å². The van der Waals surface area contributed by atoms with Gasteiger partial charge in [0.1, 0.15) is 11.2 Å². The van der Waals surface area contributed by atoms with Crippen LogP contribution in [0.3, 0.4) is 0 Å². The van der Waals surface area contributed by atoms with E-state index >= 15 is 0 Å². The highest BCUT2D eigenvalue weighted by atomic mass is 32.2. The molecule has 0 saturated carbocycles. The van der Waals surface area contributed by atoms with Crippen LogP contribution in [0.15, 0.2) is 39.0 Å². The number of fused-ring (bicyclic) bond motifs is 1. The Morgan fingerprint density at radius 3 is 2.73 bits per heavy atom. The fourth-order valence-electron chi connectivity index (χ4n) is 1.80. The van der Waals surface area contributed by atoms with Crippen molar-refractivity contribution in [2.45, 2.75) is 18.0 Å². The number of thioether (sulfide) groups is 1. The average molecular weight is 317 g/mol. The van der Waals surface area contributed by atoms with Gasteiger partial charge in [0.2, 0.25) is 5.16 Å². The van der Waals surface area contributed by atoms with E-state index in [0.717, 1.165) is 16.4 Å². The molecule has 112 valence electrons. The Morgan fingerprint density at radius 2 is 1.91 bits per heavy atom. The Morgan fingerprint density at radius 1 is 1.14 bits per heavy atom. The zero-order valence-electron chi connectivity index (χ0n) is 11.5. The van der Waals surface area contributed by atoms with E-state index in [1.807, 2.05) is 0 Å². The highest BCUT2D eigenvalue weighted by Gasteiger charge is 2.10. The van der Waals surface area contributed by atoms with E-state index in [-0.39, 0.29) is 22.3 Å². The van der Waals surface area contributed by atoms with Crippen LogP contribution in [0.5, 0.6) is 0 Å². The summed E-state index contributed by atoms with van der Waals surface area (Å²) in [7, 11) is 0. The van der Waals surface area contributed by atoms with Crippen molar-refractivity contribution in [3.63, 3.8) is 0 Å². The summed E-state index contributed by atoms with van der Waals surface area (Å²) >= 11 is 1.07. The molecule has 0 saturated heterocycles. The molecule has 2 heterocycles. The molecule has 0 amide bonds. The van der Waals surface area contributed by atoms with E-state index < -0.39 is 5.56 Å². The fourth-order valence-corrected chi connectivity index (χ4v) is 2.52. The minimum Gasteiger partial charge on any atom is -0.334 e. The first-order chi connectivity index (χ1) is 10.6. The number of hydrogen-bond donors (Lipinski definition) is 1. The lowest BCUT2D eigenvalue weighted by molar-refractivity contribution is 0.635. The molecule has 10 heteroatoms. The summed E-state index contributed by atoms with van der Waals surface area (Å²) in [5.74, 6) is 5.75. The monoisotopic (exact) mass is 317 g/mol. The molecule has 0 aliphatic rings. The second-order valence-electron chi connectivity index (χ2n) is 4.43. The first-order valence-electron chi connectivity index (χ1n) is 6.24. The molecule has 0 fully saturated rings. The van der Waals surface area contributed by atoms with Crippen LogP contribution >= 0.6 is 11.8 Å². The second-order valence-corrected chi connectivity index (χ2v) is 5.34. The van der Waals surface area contributed by atoms with Crippen LogP contribution in [0.4, 0.5) is 0 Å². The van der Waals surface area contributed by atoms with Gasteiger partial charge in [-0.15, -0.1) is 15.3 Å². The van der Waals surface area contributed by atoms with Gasteiger partial charge in [0.05, 0.1) is 11.3 Å². The van der Waals surface area contributed by atoms with Crippen molar-refractivity contribution < 1.29 is 0 Å². The van der Waals surface area contributed by atoms with E-state index in [1.54, 1.807) is 24.3 Å². The van der Waals surface area contributed by atoms with Crippen LogP contribution < -0.4 is 17.0 Å². The van der Waals surface area contributed by atoms with Gasteiger partial charge in [0.25, 0.3) is 11.1 Å². The summed E-state index contributed by atoms with van der Waals surface area (Å²) in [5.41, 5.74) is 0.0210. The predicted octanol–water partition coefficient (Wildman–Crippen LogP) is -0.485. The van der Waals surface area contributed by atoms with Gasteiger partial charge in [0.15, 0.2) is 0 Å². The summed E-state index contributed by atoms with van der Waals surface area (Å²) in [6, 6.07) is 6.93. The highest BCUT2D eigenvalue weighted by molar-refractivity contribution is 7.98. The molecule has 0 atom stereocenters. The van der Waals surface area contributed by atoms with E-state index in [2.05, 4.69) is 20.5 Å². The molecule has 0 radical (unpaired) electrons. The molecule has 22 heavy (non-hydrogen) atoms. The Kier molecular flexibility index (Phi) is 3.59. The lowest BCUT2D eigenvalue weighted by atomic mass is 10.2. The third-order valence-corrected chi connectivity index (χ3v) is 3.88. The van der Waals surface area contributed by atoms with Crippen molar-refractivity contribution in [2.24, 2.45) is 0 Å². The zero-order valence-corrected chi connectivity index (χ0v) is 12.3. The maximum absolute atomic E-state index is 12.3. The third kappa shape index (κ3) is 2.44. The van der Waals surface area contributed by atoms with Gasteiger partial charge < -0.3 is 5.84 Å². The van der Waals surface area contributed by atoms with Gasteiger partial charge in [-0.3, -0.25) is 9.59 Å². The molecule has 0 bridgehead atoms. The van der Waals surface area contributed by atoms with Gasteiger partial charge in [-0.05, 0) is 19.1 Å². The van der Waals surface area contributed by atoms with Crippen LogP contribution in [0.2, 0.25) is 0 Å². The van der Waals surface area contributed by atoms with Gasteiger partial charge in [-0.25, -0.2) is 0 Å². The standard InChI is InChI=1S/C12H11N7O2S/c1-7-10(20)19(13)12(16-14-7)22-6-18-11(21)8-4-2-3-5-9(8)15-17-18/h2-5H,6,13H2,1H3. The summed E-state index contributed by atoms with van der Waals surface area (Å²) in [6.45, 7) is 1.52. The maximum atomic E-state index is 12.3. The largest absolute Gasteiger partial charge is 0.334 e. The van der Waals surface area contributed by atoms with Crippen LogP contribution in [-0.4, -0.2) is 29.9 Å². The fraction of sp³-hybridized carbons (Fsp3) is 0.167. The smallest absolute Gasteiger partial charge is 0.294 e. The van der Waals surface area contributed by atoms with Crippen molar-refractivity contribution >= 4 is 22.7 Å². The second kappa shape index (κ2) is 5.56. The molecule has 1 aromatic carbocycles. The van der Waals surface area contributed by atoms with E-state index in [1.165, 1.54) is 11.6 Å². The van der Waals surface area contributed by atoms with E-state index in [4.69, 9.17) is 5.84 Å². The van der Waals surface area contributed by atoms with Crippen LogP contribution in [0, 0.1) is 6.92 Å². The quantitative estimate of drug-likeness (QED) is 0.507. The predicted molar refractivity (Wildman–Crippen MR) is 80.8 cm³/mol. The molecule has 0 aliphatic carbocycles. The number of aromatic nitrogens is 6. The van der Waals surface area contributed by atoms with E-state index in [9.17, 15) is 9.59 Å². The highest BCUT2D eigenvalue weighted by Crippen LogP contribution is 2.13. The summed E-state index contributed by atoms with van der Waals surface area (Å²) in [6.07, 6.45) is 0. The molecular weight excluding hydrogens is 306 g/mol. The molecular formula is C12H11N7O2S. The molecule has 2 N–H and O–H groups in total. The first-order valence-corrected chi connectivity index (χ1v) is 7.23. The number of hydrogen-bond acceptors (Lipinski definition) is 8. The number of benzene rings is 1. The van der Waals surface area contributed by atoms with Crippen LogP contribution in [0.25, 0.3) is 10.9 Å². The minimum absolute atomic E-state index is 0.116. The zero-order chi connectivity index (χ0) is 15.7. The summed E-state index contributed by atoms with van der Waals surface area (Å²) in [5, 5.41) is 16.0. The maximum Gasteiger partial charge on any atom is 0.294 e. The SMILES string of the molecule is Cc1nnc(SCn2nnc3ccccc3c2=O)n(N)c1=O. The summed E-state index contributed by atoms with van der Waals surface area (Å²) < 4.78 is 2.07. The van der Waals surface area contributed by atoms with Gasteiger partial charge in [-0.1, -0.05) is 29.1 Å².